The maximum absolute atomic E-state index is 11.9. The van der Waals surface area contributed by atoms with Crippen LogP contribution in [0.5, 0.6) is 0 Å². The van der Waals surface area contributed by atoms with Crippen molar-refractivity contribution in [1.82, 2.24) is 4.72 Å². The van der Waals surface area contributed by atoms with Gasteiger partial charge in [-0.1, -0.05) is 35.2 Å². The number of alkyl halides is 1. The Morgan fingerprint density at radius 2 is 1.89 bits per heavy atom. The Labute approximate surface area is 125 Å². The molecule has 6 heteroatoms. The first-order valence-corrected chi connectivity index (χ1v) is 9.81. The van der Waals surface area contributed by atoms with Crippen LogP contribution in [-0.2, 0) is 14.8 Å². The smallest absolute Gasteiger partial charge is 0.213 e. The van der Waals surface area contributed by atoms with Crippen molar-refractivity contribution in [3.8, 4) is 0 Å². The molecule has 0 spiro atoms. The fraction of sp³-hybridized carbons (Fsp3) is 1.00. The summed E-state index contributed by atoms with van der Waals surface area (Å²) in [7, 11) is -3.22. The average Bonchev–Trinajstić information content (AvgIpc) is 2.37. The van der Waals surface area contributed by atoms with Crippen LogP contribution in [0.2, 0.25) is 0 Å². The lowest BCUT2D eigenvalue weighted by Crippen LogP contribution is -2.41. The highest BCUT2D eigenvalue weighted by molar-refractivity contribution is 9.09. The standard InChI is InChI=1S/C13H26BrNO3S/c1-12(2)18-8-9-19(16,17)15-11-13(10-14)6-4-3-5-7-13/h12,15H,3-11H2,1-2H3. The van der Waals surface area contributed by atoms with Gasteiger partial charge in [0.25, 0.3) is 0 Å². The van der Waals surface area contributed by atoms with Gasteiger partial charge in [-0.25, -0.2) is 13.1 Å². The van der Waals surface area contributed by atoms with Crippen molar-refractivity contribution >= 4 is 26.0 Å². The van der Waals surface area contributed by atoms with E-state index in [0.29, 0.717) is 6.54 Å². The van der Waals surface area contributed by atoms with Crippen LogP contribution in [0.25, 0.3) is 0 Å². The minimum Gasteiger partial charge on any atom is -0.378 e. The first-order valence-electron chi connectivity index (χ1n) is 7.04. The summed E-state index contributed by atoms with van der Waals surface area (Å²) in [4.78, 5) is 0. The maximum Gasteiger partial charge on any atom is 0.213 e. The summed E-state index contributed by atoms with van der Waals surface area (Å²) in [5.41, 5.74) is 0.101. The van der Waals surface area contributed by atoms with Crippen LogP contribution in [0, 0.1) is 5.41 Å². The highest BCUT2D eigenvalue weighted by atomic mass is 79.9. The van der Waals surface area contributed by atoms with Gasteiger partial charge in [-0.15, -0.1) is 0 Å². The molecule has 1 fully saturated rings. The fourth-order valence-electron chi connectivity index (χ4n) is 2.39. The van der Waals surface area contributed by atoms with E-state index in [2.05, 4.69) is 20.7 Å². The Bertz CT molecular complexity index is 351. The van der Waals surface area contributed by atoms with Crippen LogP contribution in [0.4, 0.5) is 0 Å². The number of ether oxygens (including phenoxy) is 1. The molecule has 0 saturated heterocycles. The second-order valence-corrected chi connectivity index (χ2v) is 8.24. The van der Waals surface area contributed by atoms with Crippen molar-refractivity contribution in [2.45, 2.75) is 52.1 Å². The molecule has 4 nitrogen and oxygen atoms in total. The van der Waals surface area contributed by atoms with Crippen LogP contribution in [0.1, 0.15) is 46.0 Å². The minimum atomic E-state index is -3.22. The molecule has 0 aromatic rings. The van der Waals surface area contributed by atoms with Gasteiger partial charge in [0, 0.05) is 11.9 Å². The van der Waals surface area contributed by atoms with Crippen LogP contribution < -0.4 is 4.72 Å². The Balaban J connectivity index is 2.40. The van der Waals surface area contributed by atoms with Gasteiger partial charge < -0.3 is 4.74 Å². The van der Waals surface area contributed by atoms with E-state index in [4.69, 9.17) is 4.74 Å². The molecular formula is C13H26BrNO3S. The van der Waals surface area contributed by atoms with E-state index in [0.717, 1.165) is 18.2 Å². The molecule has 0 aromatic heterocycles. The van der Waals surface area contributed by atoms with Gasteiger partial charge in [-0.05, 0) is 32.1 Å². The van der Waals surface area contributed by atoms with Crippen molar-refractivity contribution < 1.29 is 13.2 Å². The molecule has 0 aromatic carbocycles. The van der Waals surface area contributed by atoms with E-state index < -0.39 is 10.0 Å². The van der Waals surface area contributed by atoms with E-state index in [1.807, 2.05) is 13.8 Å². The maximum atomic E-state index is 11.9. The molecule has 0 aliphatic heterocycles. The first-order chi connectivity index (χ1) is 8.89. The molecule has 0 atom stereocenters. The predicted molar refractivity (Wildman–Crippen MR) is 82.2 cm³/mol. The minimum absolute atomic E-state index is 0.0452. The van der Waals surface area contributed by atoms with E-state index in [9.17, 15) is 8.42 Å². The zero-order valence-corrected chi connectivity index (χ0v) is 14.4. The SMILES string of the molecule is CC(C)OCCS(=O)(=O)NCC1(CBr)CCCCC1. The van der Waals surface area contributed by atoms with Crippen molar-refractivity contribution in [2.75, 3.05) is 24.2 Å². The van der Waals surface area contributed by atoms with Gasteiger partial charge in [0.1, 0.15) is 0 Å². The van der Waals surface area contributed by atoms with Crippen LogP contribution in [0.15, 0.2) is 0 Å². The number of nitrogens with one attached hydrogen (secondary N) is 1. The zero-order valence-electron chi connectivity index (χ0n) is 12.0. The van der Waals surface area contributed by atoms with Crippen molar-refractivity contribution in [2.24, 2.45) is 5.41 Å². The third-order valence-electron chi connectivity index (χ3n) is 3.67. The molecule has 0 amide bonds. The topological polar surface area (TPSA) is 55.4 Å². The first kappa shape index (κ1) is 17.4. The summed E-state index contributed by atoms with van der Waals surface area (Å²) in [6.45, 7) is 4.61. The van der Waals surface area contributed by atoms with Crippen molar-refractivity contribution in [3.05, 3.63) is 0 Å². The van der Waals surface area contributed by atoms with Gasteiger partial charge in [0.15, 0.2) is 0 Å². The largest absolute Gasteiger partial charge is 0.378 e. The van der Waals surface area contributed by atoms with Gasteiger partial charge in [0.2, 0.25) is 10.0 Å². The normalized spacial score (nSPS) is 19.8. The van der Waals surface area contributed by atoms with Crippen molar-refractivity contribution in [1.29, 1.82) is 0 Å². The fourth-order valence-corrected chi connectivity index (χ4v) is 4.13. The third kappa shape index (κ3) is 6.56. The third-order valence-corrected chi connectivity index (χ3v) is 6.15. The Kier molecular flexibility index (Phi) is 7.29. The lowest BCUT2D eigenvalue weighted by molar-refractivity contribution is 0.0911. The highest BCUT2D eigenvalue weighted by Crippen LogP contribution is 2.37. The van der Waals surface area contributed by atoms with Crippen LogP contribution in [0.3, 0.4) is 0 Å². The molecule has 0 heterocycles. The second-order valence-electron chi connectivity index (χ2n) is 5.75. The summed E-state index contributed by atoms with van der Waals surface area (Å²) in [5, 5.41) is 0.866. The number of rotatable bonds is 8. The lowest BCUT2D eigenvalue weighted by atomic mass is 9.76. The van der Waals surface area contributed by atoms with E-state index in [1.54, 1.807) is 0 Å². The van der Waals surface area contributed by atoms with E-state index in [-0.39, 0.29) is 23.9 Å². The molecule has 1 N–H and O–H groups in total. The summed E-state index contributed by atoms with van der Waals surface area (Å²) in [6.07, 6.45) is 5.94. The number of sulfonamides is 1. The van der Waals surface area contributed by atoms with Crippen LogP contribution >= 0.6 is 15.9 Å². The van der Waals surface area contributed by atoms with Gasteiger partial charge in [-0.2, -0.15) is 0 Å². The Hall–Kier alpha value is 0.350. The molecule has 114 valence electrons. The molecule has 1 aliphatic carbocycles. The number of hydrogen-bond acceptors (Lipinski definition) is 3. The monoisotopic (exact) mass is 355 g/mol. The summed E-state index contributed by atoms with van der Waals surface area (Å²) in [5.74, 6) is 0.0452. The Morgan fingerprint density at radius 3 is 2.42 bits per heavy atom. The van der Waals surface area contributed by atoms with Gasteiger partial charge >= 0.3 is 0 Å². The second kappa shape index (κ2) is 7.96. The quantitative estimate of drug-likeness (QED) is 0.681. The predicted octanol–water partition coefficient (Wildman–Crippen LogP) is 2.68. The number of halogens is 1. The van der Waals surface area contributed by atoms with E-state index >= 15 is 0 Å². The summed E-state index contributed by atoms with van der Waals surface area (Å²) in [6, 6.07) is 0. The summed E-state index contributed by atoms with van der Waals surface area (Å²) >= 11 is 3.55. The molecular weight excluding hydrogens is 330 g/mol. The van der Waals surface area contributed by atoms with Gasteiger partial charge in [-0.3, -0.25) is 0 Å². The van der Waals surface area contributed by atoms with Crippen molar-refractivity contribution in [3.63, 3.8) is 0 Å². The number of hydrogen-bond donors (Lipinski definition) is 1. The highest BCUT2D eigenvalue weighted by Gasteiger charge is 2.32. The van der Waals surface area contributed by atoms with Gasteiger partial charge in [0.05, 0.1) is 18.5 Å². The summed E-state index contributed by atoms with van der Waals surface area (Å²) < 4.78 is 31.9. The molecule has 1 rings (SSSR count). The average molecular weight is 356 g/mol. The molecule has 0 bridgehead atoms. The Morgan fingerprint density at radius 1 is 1.26 bits per heavy atom. The van der Waals surface area contributed by atoms with E-state index in [1.165, 1.54) is 19.3 Å². The molecule has 0 radical (unpaired) electrons. The van der Waals surface area contributed by atoms with Crippen LogP contribution in [-0.4, -0.2) is 38.8 Å². The molecule has 1 saturated carbocycles. The lowest BCUT2D eigenvalue weighted by Gasteiger charge is -2.35. The molecule has 19 heavy (non-hydrogen) atoms. The molecule has 1 aliphatic rings. The zero-order chi connectivity index (χ0) is 14.4. The molecule has 0 unspecified atom stereocenters.